The van der Waals surface area contributed by atoms with Gasteiger partial charge in [0.05, 0.1) is 6.54 Å². The van der Waals surface area contributed by atoms with Crippen molar-refractivity contribution in [3.05, 3.63) is 53.1 Å². The van der Waals surface area contributed by atoms with Crippen LogP contribution in [-0.2, 0) is 6.54 Å². The SMILES string of the molecule is Cc1nccn1-c1ccc(=O)n(CCNc2cc(N(C)C)ncn2)n1. The monoisotopic (exact) mass is 340 g/mol. The Labute approximate surface area is 145 Å². The smallest absolute Gasteiger partial charge is 0.266 e. The standard InChI is InChI=1S/C16H20N8O/c1-12-17-6-8-23(12)14-4-5-16(25)24(21-14)9-7-18-13-10-15(22(2)3)20-11-19-13/h4-6,8,10-11H,7,9H2,1-3H3,(H,18,19,20). The van der Waals surface area contributed by atoms with Crippen molar-refractivity contribution in [1.29, 1.82) is 0 Å². The molecule has 3 rings (SSSR count). The maximum Gasteiger partial charge on any atom is 0.266 e. The molecular formula is C16H20N8O. The van der Waals surface area contributed by atoms with Crippen LogP contribution in [0, 0.1) is 6.92 Å². The largest absolute Gasteiger partial charge is 0.368 e. The van der Waals surface area contributed by atoms with Crippen molar-refractivity contribution in [3.8, 4) is 5.82 Å². The number of aromatic nitrogens is 6. The number of nitrogens with zero attached hydrogens (tertiary/aromatic N) is 7. The minimum Gasteiger partial charge on any atom is -0.368 e. The van der Waals surface area contributed by atoms with Gasteiger partial charge in [0, 0.05) is 45.2 Å². The zero-order valence-electron chi connectivity index (χ0n) is 14.4. The molecule has 0 saturated carbocycles. The normalized spacial score (nSPS) is 10.7. The molecule has 25 heavy (non-hydrogen) atoms. The molecule has 0 spiro atoms. The van der Waals surface area contributed by atoms with Gasteiger partial charge in [0.15, 0.2) is 5.82 Å². The van der Waals surface area contributed by atoms with Crippen LogP contribution in [0.2, 0.25) is 0 Å². The number of imidazole rings is 1. The van der Waals surface area contributed by atoms with Crippen molar-refractivity contribution in [2.45, 2.75) is 13.5 Å². The van der Waals surface area contributed by atoms with Gasteiger partial charge in [-0.3, -0.25) is 9.36 Å². The molecule has 0 aromatic carbocycles. The first-order valence-corrected chi connectivity index (χ1v) is 7.86. The van der Waals surface area contributed by atoms with Crippen LogP contribution < -0.4 is 15.8 Å². The van der Waals surface area contributed by atoms with Gasteiger partial charge in [-0.15, -0.1) is 0 Å². The summed E-state index contributed by atoms with van der Waals surface area (Å²) in [6, 6.07) is 5.05. The van der Waals surface area contributed by atoms with E-state index in [9.17, 15) is 4.79 Å². The lowest BCUT2D eigenvalue weighted by molar-refractivity contribution is 0.588. The Bertz CT molecular complexity index is 914. The van der Waals surface area contributed by atoms with Crippen molar-refractivity contribution in [2.24, 2.45) is 0 Å². The minimum atomic E-state index is -0.153. The van der Waals surface area contributed by atoms with Crippen molar-refractivity contribution in [1.82, 2.24) is 29.3 Å². The van der Waals surface area contributed by atoms with E-state index in [1.807, 2.05) is 42.7 Å². The van der Waals surface area contributed by atoms with E-state index in [0.717, 1.165) is 11.6 Å². The van der Waals surface area contributed by atoms with Crippen LogP contribution >= 0.6 is 0 Å². The van der Waals surface area contributed by atoms with E-state index in [2.05, 4.69) is 25.4 Å². The molecule has 0 radical (unpaired) electrons. The molecule has 0 aliphatic rings. The zero-order chi connectivity index (χ0) is 17.8. The summed E-state index contributed by atoms with van der Waals surface area (Å²) < 4.78 is 3.26. The fraction of sp³-hybridized carbons (Fsp3) is 0.312. The number of hydrogen-bond acceptors (Lipinski definition) is 7. The van der Waals surface area contributed by atoms with Gasteiger partial charge < -0.3 is 10.2 Å². The lowest BCUT2D eigenvalue weighted by atomic mass is 10.4. The van der Waals surface area contributed by atoms with Crippen molar-refractivity contribution < 1.29 is 0 Å². The Morgan fingerprint density at radius 3 is 2.76 bits per heavy atom. The molecule has 130 valence electrons. The van der Waals surface area contributed by atoms with Crippen LogP contribution in [0.1, 0.15) is 5.82 Å². The average molecular weight is 340 g/mol. The Morgan fingerprint density at radius 2 is 2.04 bits per heavy atom. The molecule has 0 aliphatic carbocycles. The molecule has 0 amide bonds. The molecule has 9 heteroatoms. The summed E-state index contributed by atoms with van der Waals surface area (Å²) in [7, 11) is 3.83. The Hall–Kier alpha value is -3.23. The predicted octanol–water partition coefficient (Wildman–Crippen LogP) is 0.706. The van der Waals surface area contributed by atoms with Crippen LogP contribution in [0.3, 0.4) is 0 Å². The van der Waals surface area contributed by atoms with Gasteiger partial charge in [0.25, 0.3) is 5.56 Å². The maximum absolute atomic E-state index is 12.0. The molecule has 3 heterocycles. The van der Waals surface area contributed by atoms with E-state index in [1.54, 1.807) is 12.3 Å². The molecule has 3 aromatic heterocycles. The molecule has 1 N–H and O–H groups in total. The fourth-order valence-corrected chi connectivity index (χ4v) is 2.33. The molecule has 0 saturated heterocycles. The first-order valence-electron chi connectivity index (χ1n) is 7.86. The van der Waals surface area contributed by atoms with E-state index < -0.39 is 0 Å². The Balaban J connectivity index is 1.70. The summed E-state index contributed by atoms with van der Waals surface area (Å²) in [6.07, 6.45) is 5.02. The predicted molar refractivity (Wildman–Crippen MR) is 95.2 cm³/mol. The summed E-state index contributed by atoms with van der Waals surface area (Å²) in [4.78, 5) is 26.4. The second-order valence-electron chi connectivity index (χ2n) is 5.68. The number of rotatable bonds is 6. The lowest BCUT2D eigenvalue weighted by Crippen LogP contribution is -2.26. The summed E-state index contributed by atoms with van der Waals surface area (Å²) in [5.74, 6) is 2.98. The van der Waals surface area contributed by atoms with Crippen LogP contribution in [0.15, 0.2) is 41.7 Å². The highest BCUT2D eigenvalue weighted by atomic mass is 16.1. The van der Waals surface area contributed by atoms with Gasteiger partial charge in [-0.25, -0.2) is 19.6 Å². The average Bonchev–Trinajstić information content (AvgIpc) is 3.03. The van der Waals surface area contributed by atoms with Gasteiger partial charge in [0.2, 0.25) is 0 Å². The Kier molecular flexibility index (Phi) is 4.73. The fourth-order valence-electron chi connectivity index (χ4n) is 2.33. The number of hydrogen-bond donors (Lipinski definition) is 1. The molecule has 0 atom stereocenters. The maximum atomic E-state index is 12.0. The van der Waals surface area contributed by atoms with Crippen molar-refractivity contribution in [3.63, 3.8) is 0 Å². The van der Waals surface area contributed by atoms with E-state index in [1.165, 1.54) is 17.1 Å². The summed E-state index contributed by atoms with van der Waals surface area (Å²) in [5.41, 5.74) is -0.153. The molecule has 0 unspecified atom stereocenters. The first kappa shape index (κ1) is 16.6. The van der Waals surface area contributed by atoms with Gasteiger partial charge in [-0.2, -0.15) is 5.10 Å². The van der Waals surface area contributed by atoms with Crippen LogP contribution in [-0.4, -0.2) is 49.9 Å². The third-order valence-electron chi connectivity index (χ3n) is 3.67. The third-order valence-corrected chi connectivity index (χ3v) is 3.67. The first-order chi connectivity index (χ1) is 12.0. The highest BCUT2D eigenvalue weighted by Crippen LogP contribution is 2.10. The molecule has 0 fully saturated rings. The van der Waals surface area contributed by atoms with Crippen LogP contribution in [0.5, 0.6) is 0 Å². The second kappa shape index (κ2) is 7.12. The van der Waals surface area contributed by atoms with E-state index in [4.69, 9.17) is 0 Å². The number of anilines is 2. The van der Waals surface area contributed by atoms with Crippen molar-refractivity contribution >= 4 is 11.6 Å². The highest BCUT2D eigenvalue weighted by Gasteiger charge is 2.06. The van der Waals surface area contributed by atoms with E-state index >= 15 is 0 Å². The summed E-state index contributed by atoms with van der Waals surface area (Å²) in [5, 5.41) is 7.58. The topological polar surface area (TPSA) is 93.8 Å². The minimum absolute atomic E-state index is 0.153. The second-order valence-corrected chi connectivity index (χ2v) is 5.68. The number of nitrogens with one attached hydrogen (secondary N) is 1. The third kappa shape index (κ3) is 3.82. The number of aryl methyl sites for hydroxylation is 1. The summed E-state index contributed by atoms with van der Waals surface area (Å²) in [6.45, 7) is 2.82. The van der Waals surface area contributed by atoms with Crippen molar-refractivity contribution in [2.75, 3.05) is 30.9 Å². The zero-order valence-corrected chi connectivity index (χ0v) is 14.4. The molecule has 9 nitrogen and oxygen atoms in total. The van der Waals surface area contributed by atoms with Gasteiger partial charge >= 0.3 is 0 Å². The lowest BCUT2D eigenvalue weighted by Gasteiger charge is -2.13. The van der Waals surface area contributed by atoms with Crippen LogP contribution in [0.25, 0.3) is 5.82 Å². The Morgan fingerprint density at radius 1 is 1.20 bits per heavy atom. The summed E-state index contributed by atoms with van der Waals surface area (Å²) >= 11 is 0. The highest BCUT2D eigenvalue weighted by molar-refractivity contribution is 5.47. The van der Waals surface area contributed by atoms with E-state index in [0.29, 0.717) is 24.7 Å². The van der Waals surface area contributed by atoms with Gasteiger partial charge in [-0.05, 0) is 13.0 Å². The van der Waals surface area contributed by atoms with E-state index in [-0.39, 0.29) is 5.56 Å². The van der Waals surface area contributed by atoms with Crippen LogP contribution in [0.4, 0.5) is 11.6 Å². The molecular weight excluding hydrogens is 320 g/mol. The quantitative estimate of drug-likeness (QED) is 0.706. The molecule has 0 aliphatic heterocycles. The molecule has 0 bridgehead atoms. The van der Waals surface area contributed by atoms with Gasteiger partial charge in [0.1, 0.15) is 23.8 Å². The van der Waals surface area contributed by atoms with Gasteiger partial charge in [-0.1, -0.05) is 0 Å². The molecule has 3 aromatic rings.